The molecule has 0 saturated carbocycles. The van der Waals surface area contributed by atoms with Crippen molar-refractivity contribution in [3.8, 4) is 0 Å². The summed E-state index contributed by atoms with van der Waals surface area (Å²) in [5, 5.41) is 0.703. The molecule has 0 radical (unpaired) electrons. The fourth-order valence-electron chi connectivity index (χ4n) is 2.13. The maximum atomic E-state index is 5.96. The van der Waals surface area contributed by atoms with Gasteiger partial charge in [0.2, 0.25) is 0 Å². The van der Waals surface area contributed by atoms with Gasteiger partial charge in [0.05, 0.1) is 11.4 Å². The summed E-state index contributed by atoms with van der Waals surface area (Å²) in [6, 6.07) is 5.74. The first-order valence-corrected chi connectivity index (χ1v) is 5.66. The topological polar surface area (TPSA) is 29.3 Å². The zero-order valence-corrected chi connectivity index (χ0v) is 10.0. The second-order valence-corrected chi connectivity index (χ2v) is 5.48. The van der Waals surface area contributed by atoms with Gasteiger partial charge in [0.1, 0.15) is 0 Å². The van der Waals surface area contributed by atoms with Gasteiger partial charge >= 0.3 is 0 Å². The van der Waals surface area contributed by atoms with E-state index < -0.39 is 0 Å². The van der Waals surface area contributed by atoms with Gasteiger partial charge in [0, 0.05) is 18.1 Å². The third kappa shape index (κ3) is 2.20. The quantitative estimate of drug-likeness (QED) is 0.743. The number of nitrogens with two attached hydrogens (primary N) is 1. The first-order chi connectivity index (χ1) is 6.98. The average molecular weight is 225 g/mol. The van der Waals surface area contributed by atoms with Crippen molar-refractivity contribution in [3.05, 3.63) is 23.2 Å². The summed E-state index contributed by atoms with van der Waals surface area (Å²) in [5.41, 5.74) is 8.25. The molecule has 1 saturated heterocycles. The summed E-state index contributed by atoms with van der Waals surface area (Å²) in [7, 11) is 0. The standard InChI is InChI=1S/C12H17ClN2/c1-12(2)5-6-15(8-12)11-4-3-9(13)7-10(11)14/h3-4,7H,5-6,8,14H2,1-2H3. The minimum absolute atomic E-state index is 0.395. The van der Waals surface area contributed by atoms with Crippen LogP contribution in [0.15, 0.2) is 18.2 Å². The number of nitrogen functional groups attached to an aromatic ring is 1. The van der Waals surface area contributed by atoms with Crippen molar-refractivity contribution in [2.75, 3.05) is 23.7 Å². The molecule has 2 N–H and O–H groups in total. The minimum atomic E-state index is 0.395. The molecule has 0 amide bonds. The fraction of sp³-hybridized carbons (Fsp3) is 0.500. The molecular weight excluding hydrogens is 208 g/mol. The van der Waals surface area contributed by atoms with E-state index in [2.05, 4.69) is 18.7 Å². The first kappa shape index (κ1) is 10.6. The van der Waals surface area contributed by atoms with Crippen molar-refractivity contribution < 1.29 is 0 Å². The smallest absolute Gasteiger partial charge is 0.0601 e. The van der Waals surface area contributed by atoms with Crippen LogP contribution >= 0.6 is 11.6 Å². The molecule has 1 aliphatic rings. The van der Waals surface area contributed by atoms with E-state index in [1.165, 1.54) is 6.42 Å². The largest absolute Gasteiger partial charge is 0.397 e. The van der Waals surface area contributed by atoms with Crippen LogP contribution in [0.1, 0.15) is 20.3 Å². The molecule has 1 aliphatic heterocycles. The third-order valence-electron chi connectivity index (χ3n) is 3.01. The van der Waals surface area contributed by atoms with Crippen LogP contribution in [0.4, 0.5) is 11.4 Å². The molecule has 0 spiro atoms. The Morgan fingerprint density at radius 2 is 2.13 bits per heavy atom. The zero-order chi connectivity index (χ0) is 11.1. The van der Waals surface area contributed by atoms with Crippen molar-refractivity contribution in [2.45, 2.75) is 20.3 Å². The molecule has 1 fully saturated rings. The van der Waals surface area contributed by atoms with E-state index in [1.807, 2.05) is 18.2 Å². The Hall–Kier alpha value is -0.890. The predicted octanol–water partition coefficient (Wildman–Crippen LogP) is 3.16. The number of benzene rings is 1. The maximum absolute atomic E-state index is 5.96. The van der Waals surface area contributed by atoms with Crippen molar-refractivity contribution in [1.29, 1.82) is 0 Å². The first-order valence-electron chi connectivity index (χ1n) is 5.28. The van der Waals surface area contributed by atoms with E-state index in [0.717, 1.165) is 24.5 Å². The molecule has 1 aromatic rings. The molecule has 0 aromatic heterocycles. The molecule has 1 heterocycles. The third-order valence-corrected chi connectivity index (χ3v) is 3.24. The van der Waals surface area contributed by atoms with E-state index in [-0.39, 0.29) is 0 Å². The Labute approximate surface area is 96.0 Å². The second-order valence-electron chi connectivity index (χ2n) is 5.04. The van der Waals surface area contributed by atoms with Crippen molar-refractivity contribution >= 4 is 23.0 Å². The summed E-state index contributed by atoms with van der Waals surface area (Å²) < 4.78 is 0. The number of rotatable bonds is 1. The van der Waals surface area contributed by atoms with E-state index in [0.29, 0.717) is 10.4 Å². The lowest BCUT2D eigenvalue weighted by Crippen LogP contribution is -2.23. The Balaban J connectivity index is 2.24. The summed E-state index contributed by atoms with van der Waals surface area (Å²) in [5.74, 6) is 0. The van der Waals surface area contributed by atoms with Crippen LogP contribution in [0.5, 0.6) is 0 Å². The van der Waals surface area contributed by atoms with Gasteiger partial charge in [-0.2, -0.15) is 0 Å². The van der Waals surface area contributed by atoms with Crippen molar-refractivity contribution in [2.24, 2.45) is 5.41 Å². The van der Waals surface area contributed by atoms with Crippen LogP contribution in [0.25, 0.3) is 0 Å². The summed E-state index contributed by atoms with van der Waals surface area (Å²) in [6.07, 6.45) is 1.22. The Kier molecular flexibility index (Phi) is 2.55. The molecular formula is C12H17ClN2. The van der Waals surface area contributed by atoms with Gasteiger partial charge in [-0.05, 0) is 30.0 Å². The van der Waals surface area contributed by atoms with Crippen LogP contribution in [0.2, 0.25) is 5.02 Å². The second kappa shape index (κ2) is 3.60. The Morgan fingerprint density at radius 1 is 1.40 bits per heavy atom. The summed E-state index contributed by atoms with van der Waals surface area (Å²) in [6.45, 7) is 6.73. The Morgan fingerprint density at radius 3 is 2.67 bits per heavy atom. The van der Waals surface area contributed by atoms with Gasteiger partial charge in [0.15, 0.2) is 0 Å². The molecule has 2 rings (SSSR count). The lowest BCUT2D eigenvalue weighted by molar-refractivity contribution is 0.418. The van der Waals surface area contributed by atoms with Crippen LogP contribution in [-0.2, 0) is 0 Å². The Bertz CT molecular complexity index is 374. The van der Waals surface area contributed by atoms with E-state index in [1.54, 1.807) is 0 Å². The number of nitrogens with zero attached hydrogens (tertiary/aromatic N) is 1. The molecule has 3 heteroatoms. The number of anilines is 2. The number of hydrogen-bond acceptors (Lipinski definition) is 2. The SMILES string of the molecule is CC1(C)CCN(c2ccc(Cl)cc2N)C1. The summed E-state index contributed by atoms with van der Waals surface area (Å²) >= 11 is 5.88. The monoisotopic (exact) mass is 224 g/mol. The minimum Gasteiger partial charge on any atom is -0.397 e. The highest BCUT2D eigenvalue weighted by Crippen LogP contribution is 2.35. The van der Waals surface area contributed by atoms with Crippen LogP contribution < -0.4 is 10.6 Å². The highest BCUT2D eigenvalue weighted by Gasteiger charge is 2.29. The normalized spacial score (nSPS) is 19.5. The average Bonchev–Trinajstić information content (AvgIpc) is 2.46. The molecule has 82 valence electrons. The van der Waals surface area contributed by atoms with E-state index in [4.69, 9.17) is 17.3 Å². The lowest BCUT2D eigenvalue weighted by Gasteiger charge is -2.23. The molecule has 0 atom stereocenters. The van der Waals surface area contributed by atoms with Crippen LogP contribution in [0, 0.1) is 5.41 Å². The highest BCUT2D eigenvalue weighted by atomic mass is 35.5. The molecule has 0 bridgehead atoms. The van der Waals surface area contributed by atoms with Crippen molar-refractivity contribution in [3.63, 3.8) is 0 Å². The van der Waals surface area contributed by atoms with Crippen LogP contribution in [0.3, 0.4) is 0 Å². The zero-order valence-electron chi connectivity index (χ0n) is 9.26. The van der Waals surface area contributed by atoms with Gasteiger partial charge < -0.3 is 10.6 Å². The van der Waals surface area contributed by atoms with Gasteiger partial charge in [0.25, 0.3) is 0 Å². The molecule has 15 heavy (non-hydrogen) atoms. The number of hydrogen-bond donors (Lipinski definition) is 1. The van der Waals surface area contributed by atoms with Gasteiger partial charge in [-0.25, -0.2) is 0 Å². The lowest BCUT2D eigenvalue weighted by atomic mass is 9.93. The predicted molar refractivity (Wildman–Crippen MR) is 66.5 cm³/mol. The van der Waals surface area contributed by atoms with Crippen molar-refractivity contribution in [1.82, 2.24) is 0 Å². The van der Waals surface area contributed by atoms with Gasteiger partial charge in [-0.15, -0.1) is 0 Å². The molecule has 0 aliphatic carbocycles. The summed E-state index contributed by atoms with van der Waals surface area (Å²) in [4.78, 5) is 2.34. The van der Waals surface area contributed by atoms with Gasteiger partial charge in [-0.3, -0.25) is 0 Å². The highest BCUT2D eigenvalue weighted by molar-refractivity contribution is 6.31. The molecule has 1 aromatic carbocycles. The van der Waals surface area contributed by atoms with Crippen LogP contribution in [-0.4, -0.2) is 13.1 Å². The molecule has 2 nitrogen and oxygen atoms in total. The van der Waals surface area contributed by atoms with E-state index in [9.17, 15) is 0 Å². The fourth-order valence-corrected chi connectivity index (χ4v) is 2.31. The maximum Gasteiger partial charge on any atom is 0.0601 e. The van der Waals surface area contributed by atoms with E-state index >= 15 is 0 Å². The van der Waals surface area contributed by atoms with Gasteiger partial charge in [-0.1, -0.05) is 25.4 Å². The number of halogens is 1. The molecule has 0 unspecified atom stereocenters.